The van der Waals surface area contributed by atoms with Gasteiger partial charge < -0.3 is 0 Å². The summed E-state index contributed by atoms with van der Waals surface area (Å²) in [6.07, 6.45) is 8.11. The van der Waals surface area contributed by atoms with E-state index in [1.807, 2.05) is 24.3 Å². The zero-order chi connectivity index (χ0) is 13.2. The molecule has 0 saturated carbocycles. The van der Waals surface area contributed by atoms with E-state index in [1.54, 1.807) is 11.3 Å². The van der Waals surface area contributed by atoms with Gasteiger partial charge in [0.25, 0.3) is 0 Å². The Balaban J connectivity index is 2.19. The summed E-state index contributed by atoms with van der Waals surface area (Å²) in [6, 6.07) is 9.03. The van der Waals surface area contributed by atoms with Crippen LogP contribution in [0.25, 0.3) is 25.7 Å². The number of benzene rings is 1. The molecule has 2 heteroatoms. The Morgan fingerprint density at radius 3 is 2.79 bits per heavy atom. The summed E-state index contributed by atoms with van der Waals surface area (Å²) < 4.78 is 2.71. The monoisotopic (exact) mass is 282 g/mol. The molecule has 0 radical (unpaired) electrons. The molecule has 0 bridgehead atoms. The molecule has 0 N–H and O–H groups in total. The molecule has 2 aromatic heterocycles. The SMILES string of the molecule is C=C/C=C(\C=C/C)c1cc2cc3sccc3cc2s1. The third kappa shape index (κ3) is 2.29. The van der Waals surface area contributed by atoms with E-state index in [2.05, 4.69) is 54.5 Å². The van der Waals surface area contributed by atoms with Gasteiger partial charge in [-0.25, -0.2) is 0 Å². The van der Waals surface area contributed by atoms with Crippen molar-refractivity contribution in [2.45, 2.75) is 6.92 Å². The van der Waals surface area contributed by atoms with Crippen LogP contribution in [-0.4, -0.2) is 0 Å². The average molecular weight is 282 g/mol. The smallest absolute Gasteiger partial charge is 0.0356 e. The van der Waals surface area contributed by atoms with Crippen LogP contribution in [-0.2, 0) is 0 Å². The largest absolute Gasteiger partial charge is 0.144 e. The number of thiophene rings is 2. The Hall–Kier alpha value is -1.64. The second kappa shape index (κ2) is 5.16. The molecule has 0 unspecified atom stereocenters. The van der Waals surface area contributed by atoms with Gasteiger partial charge in [0.15, 0.2) is 0 Å². The normalized spacial score (nSPS) is 12.8. The summed E-state index contributed by atoms with van der Waals surface area (Å²) in [5, 5.41) is 4.82. The van der Waals surface area contributed by atoms with E-state index in [-0.39, 0.29) is 0 Å². The minimum absolute atomic E-state index is 1.22. The third-order valence-electron chi connectivity index (χ3n) is 3.02. The van der Waals surface area contributed by atoms with Gasteiger partial charge in [-0.05, 0) is 52.9 Å². The Morgan fingerprint density at radius 2 is 2.00 bits per heavy atom. The lowest BCUT2D eigenvalue weighted by Crippen LogP contribution is -1.71. The van der Waals surface area contributed by atoms with Crippen LogP contribution in [0.4, 0.5) is 0 Å². The van der Waals surface area contributed by atoms with Crippen molar-refractivity contribution < 1.29 is 0 Å². The zero-order valence-corrected chi connectivity index (χ0v) is 12.4. The minimum atomic E-state index is 1.22. The number of fused-ring (bicyclic) bond motifs is 2. The Kier molecular flexibility index (Phi) is 3.36. The van der Waals surface area contributed by atoms with Crippen molar-refractivity contribution >= 4 is 48.4 Å². The molecule has 0 fully saturated rings. The summed E-state index contributed by atoms with van der Waals surface area (Å²) in [4.78, 5) is 1.30. The number of allylic oxidation sites excluding steroid dienone is 5. The lowest BCUT2D eigenvalue weighted by Gasteiger charge is -1.94. The Labute approximate surface area is 121 Å². The highest BCUT2D eigenvalue weighted by Crippen LogP contribution is 2.35. The predicted molar refractivity (Wildman–Crippen MR) is 90.2 cm³/mol. The predicted octanol–water partition coefficient (Wildman–Crippen LogP) is 6.26. The summed E-state index contributed by atoms with van der Waals surface area (Å²) >= 11 is 3.64. The van der Waals surface area contributed by atoms with Gasteiger partial charge in [-0.1, -0.05) is 30.9 Å². The maximum Gasteiger partial charge on any atom is 0.0356 e. The van der Waals surface area contributed by atoms with Gasteiger partial charge in [-0.2, -0.15) is 0 Å². The maximum atomic E-state index is 3.79. The van der Waals surface area contributed by atoms with Crippen LogP contribution in [0.3, 0.4) is 0 Å². The molecule has 3 rings (SSSR count). The third-order valence-corrected chi connectivity index (χ3v) is 5.05. The maximum absolute atomic E-state index is 3.79. The molecule has 0 amide bonds. The lowest BCUT2D eigenvalue weighted by atomic mass is 10.1. The molecule has 0 aliphatic rings. The molecule has 0 aliphatic heterocycles. The molecular formula is C17H14S2. The Morgan fingerprint density at radius 1 is 1.16 bits per heavy atom. The minimum Gasteiger partial charge on any atom is -0.144 e. The van der Waals surface area contributed by atoms with Crippen LogP contribution in [0.15, 0.2) is 60.5 Å². The summed E-state index contributed by atoms with van der Waals surface area (Å²) in [5.41, 5.74) is 1.22. The van der Waals surface area contributed by atoms with E-state index >= 15 is 0 Å². The molecule has 0 saturated heterocycles. The highest BCUT2D eigenvalue weighted by molar-refractivity contribution is 7.20. The molecule has 94 valence electrons. The molecular weight excluding hydrogens is 268 g/mol. The van der Waals surface area contributed by atoms with Crippen molar-refractivity contribution in [1.29, 1.82) is 0 Å². The standard InChI is InChI=1S/C17H14S2/c1-3-5-12(6-4-2)16-11-14-10-15-13(7-8-18-15)9-17(14)19-16/h3-11H,1H2,2H3/b6-4-,12-5+. The van der Waals surface area contributed by atoms with Crippen LogP contribution in [0.2, 0.25) is 0 Å². The van der Waals surface area contributed by atoms with Crippen molar-refractivity contribution in [3.63, 3.8) is 0 Å². The second-order valence-corrected chi connectivity index (χ2v) is 6.35. The van der Waals surface area contributed by atoms with Gasteiger partial charge in [0, 0.05) is 14.3 Å². The van der Waals surface area contributed by atoms with Crippen LogP contribution < -0.4 is 0 Å². The molecule has 19 heavy (non-hydrogen) atoms. The van der Waals surface area contributed by atoms with Crippen molar-refractivity contribution in [3.05, 3.63) is 65.4 Å². The van der Waals surface area contributed by atoms with E-state index in [0.29, 0.717) is 0 Å². The molecule has 1 aromatic carbocycles. The fourth-order valence-electron chi connectivity index (χ4n) is 2.16. The summed E-state index contributed by atoms with van der Waals surface area (Å²) in [5.74, 6) is 0. The Bertz CT molecular complexity index is 749. The first-order valence-electron chi connectivity index (χ1n) is 6.18. The van der Waals surface area contributed by atoms with Crippen LogP contribution in [0.1, 0.15) is 11.8 Å². The summed E-state index contributed by atoms with van der Waals surface area (Å²) in [6.45, 7) is 5.84. The quantitative estimate of drug-likeness (QED) is 0.497. The molecule has 0 atom stereocenters. The van der Waals surface area contributed by atoms with E-state index < -0.39 is 0 Å². The zero-order valence-electron chi connectivity index (χ0n) is 10.7. The molecule has 0 spiro atoms. The molecule has 0 aliphatic carbocycles. The van der Waals surface area contributed by atoms with Crippen LogP contribution >= 0.6 is 22.7 Å². The van der Waals surface area contributed by atoms with Crippen molar-refractivity contribution in [2.75, 3.05) is 0 Å². The number of hydrogen-bond acceptors (Lipinski definition) is 2. The first-order valence-corrected chi connectivity index (χ1v) is 7.88. The van der Waals surface area contributed by atoms with Crippen LogP contribution in [0, 0.1) is 0 Å². The van der Waals surface area contributed by atoms with Crippen molar-refractivity contribution in [1.82, 2.24) is 0 Å². The van der Waals surface area contributed by atoms with Crippen molar-refractivity contribution in [2.24, 2.45) is 0 Å². The van der Waals surface area contributed by atoms with Gasteiger partial charge in [-0.3, -0.25) is 0 Å². The van der Waals surface area contributed by atoms with Gasteiger partial charge in [0.1, 0.15) is 0 Å². The van der Waals surface area contributed by atoms with E-state index in [4.69, 9.17) is 0 Å². The van der Waals surface area contributed by atoms with E-state index in [1.165, 1.54) is 30.6 Å². The van der Waals surface area contributed by atoms with Gasteiger partial charge >= 0.3 is 0 Å². The highest BCUT2D eigenvalue weighted by atomic mass is 32.1. The fraction of sp³-hybridized carbons (Fsp3) is 0.0588. The highest BCUT2D eigenvalue weighted by Gasteiger charge is 2.06. The van der Waals surface area contributed by atoms with E-state index in [9.17, 15) is 0 Å². The average Bonchev–Trinajstić information content (AvgIpc) is 3.00. The van der Waals surface area contributed by atoms with E-state index in [0.717, 1.165) is 0 Å². The lowest BCUT2D eigenvalue weighted by molar-refractivity contribution is 1.73. The number of rotatable bonds is 3. The van der Waals surface area contributed by atoms with Gasteiger partial charge in [0.05, 0.1) is 0 Å². The first kappa shape index (κ1) is 12.4. The molecule has 2 heterocycles. The topological polar surface area (TPSA) is 0 Å². The van der Waals surface area contributed by atoms with Gasteiger partial charge in [0.2, 0.25) is 0 Å². The first-order chi connectivity index (χ1) is 9.31. The second-order valence-electron chi connectivity index (χ2n) is 4.32. The van der Waals surface area contributed by atoms with Crippen molar-refractivity contribution in [3.8, 4) is 0 Å². The van der Waals surface area contributed by atoms with Gasteiger partial charge in [-0.15, -0.1) is 22.7 Å². The van der Waals surface area contributed by atoms with Crippen LogP contribution in [0.5, 0.6) is 0 Å². The molecule has 0 nitrogen and oxygen atoms in total. The summed E-state index contributed by atoms with van der Waals surface area (Å²) in [7, 11) is 0. The fourth-order valence-corrected chi connectivity index (χ4v) is 4.08. The number of hydrogen-bond donors (Lipinski definition) is 0. The molecule has 3 aromatic rings.